The number of carbonyl (C=O) groups excluding carboxylic acids is 1. The molecule has 1 aliphatic heterocycles. The molecule has 0 aromatic carbocycles. The van der Waals surface area contributed by atoms with Crippen LogP contribution in [0.1, 0.15) is 40.5 Å². The molecule has 0 aliphatic carbocycles. The van der Waals surface area contributed by atoms with E-state index in [-0.39, 0.29) is 5.91 Å². The highest BCUT2D eigenvalue weighted by molar-refractivity contribution is 8.23. The maximum absolute atomic E-state index is 11.5. The van der Waals surface area contributed by atoms with Gasteiger partial charge in [-0.2, -0.15) is 0 Å². The number of carbonyl (C=O) groups is 1. The van der Waals surface area contributed by atoms with Gasteiger partial charge in [0, 0.05) is 6.54 Å². The first kappa shape index (κ1) is 14.0. The summed E-state index contributed by atoms with van der Waals surface area (Å²) in [7, 11) is 0. The number of hydrogen-bond acceptors (Lipinski definition) is 3. The summed E-state index contributed by atoms with van der Waals surface area (Å²) in [6.07, 6.45) is 2.23. The van der Waals surface area contributed by atoms with Crippen LogP contribution in [0.5, 0.6) is 0 Å². The molecule has 0 aromatic rings. The minimum atomic E-state index is 0.179. The van der Waals surface area contributed by atoms with Crippen molar-refractivity contribution in [3.8, 4) is 0 Å². The van der Waals surface area contributed by atoms with Crippen molar-refractivity contribution in [2.45, 2.75) is 40.5 Å². The molecule has 92 valence electrons. The molecule has 0 N–H and O–H groups in total. The maximum Gasteiger partial charge on any atom is 0.238 e. The van der Waals surface area contributed by atoms with E-state index in [9.17, 15) is 4.79 Å². The summed E-state index contributed by atoms with van der Waals surface area (Å²) >= 11 is 6.63. The fourth-order valence-corrected chi connectivity index (χ4v) is 3.22. The molecule has 0 spiro atoms. The molecule has 0 bridgehead atoms. The molecule has 1 atom stereocenters. The zero-order valence-corrected chi connectivity index (χ0v) is 12.2. The van der Waals surface area contributed by atoms with E-state index < -0.39 is 0 Å². The largest absolute Gasteiger partial charge is 0.297 e. The lowest BCUT2D eigenvalue weighted by atomic mass is 9.84. The van der Waals surface area contributed by atoms with Gasteiger partial charge in [-0.25, -0.2) is 0 Å². The summed E-state index contributed by atoms with van der Waals surface area (Å²) in [6.45, 7) is 9.81. The first-order valence-electron chi connectivity index (χ1n) is 5.77. The van der Waals surface area contributed by atoms with Gasteiger partial charge in [0.1, 0.15) is 4.32 Å². The van der Waals surface area contributed by atoms with Crippen molar-refractivity contribution in [2.75, 3.05) is 12.3 Å². The number of hydrogen-bond donors (Lipinski definition) is 0. The quantitative estimate of drug-likeness (QED) is 0.723. The van der Waals surface area contributed by atoms with E-state index in [0.717, 1.165) is 17.3 Å². The van der Waals surface area contributed by atoms with Crippen LogP contribution in [0.15, 0.2) is 0 Å². The van der Waals surface area contributed by atoms with E-state index in [0.29, 0.717) is 17.1 Å². The molecule has 1 saturated heterocycles. The Bertz CT molecular complexity index is 267. The Morgan fingerprint density at radius 2 is 2.12 bits per heavy atom. The zero-order chi connectivity index (χ0) is 12.3. The van der Waals surface area contributed by atoms with Gasteiger partial charge in [-0.1, -0.05) is 51.7 Å². The maximum atomic E-state index is 11.5. The fraction of sp³-hybridized carbons (Fsp3) is 0.833. The van der Waals surface area contributed by atoms with E-state index in [4.69, 9.17) is 12.2 Å². The molecule has 0 radical (unpaired) electrons. The van der Waals surface area contributed by atoms with E-state index in [1.807, 2.05) is 0 Å². The monoisotopic (exact) mass is 259 g/mol. The second-order valence-corrected chi connectivity index (χ2v) is 7.37. The first-order valence-corrected chi connectivity index (χ1v) is 7.16. The van der Waals surface area contributed by atoms with Crippen LogP contribution in [0.4, 0.5) is 0 Å². The van der Waals surface area contributed by atoms with Gasteiger partial charge in [-0.05, 0) is 24.2 Å². The van der Waals surface area contributed by atoms with E-state index >= 15 is 0 Å². The van der Waals surface area contributed by atoms with Crippen LogP contribution in [0.25, 0.3) is 0 Å². The van der Waals surface area contributed by atoms with E-state index in [1.165, 1.54) is 18.2 Å². The van der Waals surface area contributed by atoms with Crippen molar-refractivity contribution in [3.63, 3.8) is 0 Å². The Morgan fingerprint density at radius 1 is 1.50 bits per heavy atom. The van der Waals surface area contributed by atoms with Crippen LogP contribution in [0.3, 0.4) is 0 Å². The summed E-state index contributed by atoms with van der Waals surface area (Å²) in [5.74, 6) is 1.35. The molecule has 1 fully saturated rings. The minimum Gasteiger partial charge on any atom is -0.297 e. The van der Waals surface area contributed by atoms with Crippen LogP contribution in [0.2, 0.25) is 0 Å². The third kappa shape index (κ3) is 4.42. The normalized spacial score (nSPS) is 19.4. The third-order valence-electron chi connectivity index (χ3n) is 2.65. The van der Waals surface area contributed by atoms with Gasteiger partial charge >= 0.3 is 0 Å². The fourth-order valence-electron chi connectivity index (χ4n) is 2.09. The summed E-state index contributed by atoms with van der Waals surface area (Å²) in [4.78, 5) is 13.3. The minimum absolute atomic E-state index is 0.179. The number of thiocarbonyl (C=S) groups is 1. The van der Waals surface area contributed by atoms with Crippen molar-refractivity contribution in [1.82, 2.24) is 4.90 Å². The highest BCUT2D eigenvalue weighted by atomic mass is 32.2. The Labute approximate surface area is 108 Å². The van der Waals surface area contributed by atoms with Gasteiger partial charge in [-0.15, -0.1) is 0 Å². The second kappa shape index (κ2) is 5.50. The molecular formula is C12H21NOS2. The Balaban J connectivity index is 2.34. The molecule has 1 rings (SSSR count). The number of amides is 1. The zero-order valence-electron chi connectivity index (χ0n) is 10.6. The van der Waals surface area contributed by atoms with E-state index in [1.54, 1.807) is 4.90 Å². The molecule has 1 heterocycles. The molecule has 1 unspecified atom stereocenters. The van der Waals surface area contributed by atoms with Crippen LogP contribution < -0.4 is 0 Å². The SMILES string of the molecule is CC(CCN1C(=O)CSC1=S)CC(C)(C)C. The van der Waals surface area contributed by atoms with Gasteiger partial charge in [0.15, 0.2) is 0 Å². The Kier molecular flexibility index (Phi) is 4.80. The molecule has 16 heavy (non-hydrogen) atoms. The molecule has 0 aromatic heterocycles. The van der Waals surface area contributed by atoms with Crippen LogP contribution in [-0.4, -0.2) is 27.4 Å². The first-order chi connectivity index (χ1) is 7.29. The van der Waals surface area contributed by atoms with Gasteiger partial charge in [-0.3, -0.25) is 9.69 Å². The molecule has 1 amide bonds. The van der Waals surface area contributed by atoms with Crippen molar-refractivity contribution in [1.29, 1.82) is 0 Å². The molecule has 2 nitrogen and oxygen atoms in total. The van der Waals surface area contributed by atoms with Crippen molar-refractivity contribution >= 4 is 34.2 Å². The highest BCUT2D eigenvalue weighted by Gasteiger charge is 2.26. The van der Waals surface area contributed by atoms with Crippen LogP contribution in [-0.2, 0) is 4.79 Å². The Hall–Kier alpha value is -0.0900. The lowest BCUT2D eigenvalue weighted by Gasteiger charge is -2.24. The van der Waals surface area contributed by atoms with E-state index in [2.05, 4.69) is 27.7 Å². The van der Waals surface area contributed by atoms with Gasteiger partial charge in [0.2, 0.25) is 5.91 Å². The van der Waals surface area contributed by atoms with Crippen molar-refractivity contribution < 1.29 is 4.79 Å². The lowest BCUT2D eigenvalue weighted by molar-refractivity contribution is -0.124. The predicted octanol–water partition coefficient (Wildman–Crippen LogP) is 3.31. The summed E-state index contributed by atoms with van der Waals surface area (Å²) in [5, 5.41) is 0. The van der Waals surface area contributed by atoms with Gasteiger partial charge in [0.05, 0.1) is 5.75 Å². The topological polar surface area (TPSA) is 20.3 Å². The average molecular weight is 259 g/mol. The summed E-state index contributed by atoms with van der Waals surface area (Å²) in [6, 6.07) is 0. The second-order valence-electron chi connectivity index (χ2n) is 5.76. The molecular weight excluding hydrogens is 238 g/mol. The predicted molar refractivity (Wildman–Crippen MR) is 74.6 cm³/mol. The Morgan fingerprint density at radius 3 is 2.56 bits per heavy atom. The number of nitrogens with zero attached hydrogens (tertiary/aromatic N) is 1. The van der Waals surface area contributed by atoms with Gasteiger partial charge < -0.3 is 0 Å². The summed E-state index contributed by atoms with van der Waals surface area (Å²) < 4.78 is 0.757. The smallest absolute Gasteiger partial charge is 0.238 e. The third-order valence-corrected chi connectivity index (χ3v) is 4.08. The standard InChI is InChI=1S/C12H21NOS2/c1-9(7-12(2,3)4)5-6-13-10(14)8-16-11(13)15/h9H,5-8H2,1-4H3. The number of rotatable bonds is 4. The van der Waals surface area contributed by atoms with Crippen LogP contribution >= 0.6 is 24.0 Å². The molecule has 1 aliphatic rings. The lowest BCUT2D eigenvalue weighted by Crippen LogP contribution is -2.30. The summed E-state index contributed by atoms with van der Waals surface area (Å²) in [5.41, 5.74) is 0.365. The molecule has 0 saturated carbocycles. The molecule has 4 heteroatoms. The van der Waals surface area contributed by atoms with Crippen molar-refractivity contribution in [3.05, 3.63) is 0 Å². The van der Waals surface area contributed by atoms with Gasteiger partial charge in [0.25, 0.3) is 0 Å². The average Bonchev–Trinajstić information content (AvgIpc) is 2.41. The highest BCUT2D eigenvalue weighted by Crippen LogP contribution is 2.27. The number of thioether (sulfide) groups is 1. The van der Waals surface area contributed by atoms with Crippen LogP contribution in [0, 0.1) is 11.3 Å². The van der Waals surface area contributed by atoms with Crippen molar-refractivity contribution in [2.24, 2.45) is 11.3 Å².